The van der Waals surface area contributed by atoms with Gasteiger partial charge in [-0.25, -0.2) is 4.79 Å². The van der Waals surface area contributed by atoms with Gasteiger partial charge in [-0.05, 0) is 42.5 Å². The molecule has 1 spiro atoms. The Kier molecular flexibility index (Phi) is 3.12. The summed E-state index contributed by atoms with van der Waals surface area (Å²) in [5.41, 5.74) is 2.14. The number of fused-ring (bicyclic) bond motifs is 6. The lowest BCUT2D eigenvalue weighted by molar-refractivity contribution is 0.0233. The molecule has 5 heteroatoms. The van der Waals surface area contributed by atoms with E-state index in [1.165, 1.54) is 11.8 Å². The molecule has 0 radical (unpaired) electrons. The van der Waals surface area contributed by atoms with Gasteiger partial charge in [0, 0.05) is 26.5 Å². The van der Waals surface area contributed by atoms with Gasteiger partial charge >= 0.3 is 5.97 Å². The molecule has 2 aliphatic rings. The molecule has 0 saturated carbocycles. The normalized spacial score (nSPS) is 19.5. The van der Waals surface area contributed by atoms with Crippen LogP contribution in [0.4, 0.5) is 0 Å². The van der Waals surface area contributed by atoms with Crippen LogP contribution in [0.3, 0.4) is 0 Å². The molecule has 0 aliphatic carbocycles. The first-order valence-corrected chi connectivity index (χ1v) is 8.98. The van der Waals surface area contributed by atoms with E-state index in [-0.39, 0.29) is 11.7 Å². The van der Waals surface area contributed by atoms with Crippen LogP contribution < -0.4 is 4.74 Å². The fourth-order valence-corrected chi connectivity index (χ4v) is 5.01. The van der Waals surface area contributed by atoms with Gasteiger partial charge in [-0.1, -0.05) is 30.0 Å². The van der Waals surface area contributed by atoms with Crippen LogP contribution in [0.2, 0.25) is 0 Å². The van der Waals surface area contributed by atoms with Crippen LogP contribution in [-0.4, -0.2) is 18.2 Å². The van der Waals surface area contributed by atoms with Gasteiger partial charge in [0.2, 0.25) is 0 Å². The van der Waals surface area contributed by atoms with E-state index in [0.717, 1.165) is 32.2 Å². The number of ether oxygens (including phenoxy) is 2. The second-order valence-electron chi connectivity index (χ2n) is 6.26. The second-order valence-corrected chi connectivity index (χ2v) is 7.34. The number of aromatic hydroxyl groups is 1. The SMILES string of the molecule is COc1ccc2c(c1)Sc1cc(O)ccc1C21OC(=O)c2ccccc21. The molecule has 4 nitrogen and oxygen atoms in total. The third-order valence-electron chi connectivity index (χ3n) is 4.90. The number of esters is 1. The van der Waals surface area contributed by atoms with Crippen molar-refractivity contribution in [2.45, 2.75) is 15.4 Å². The monoisotopic (exact) mass is 362 g/mol. The quantitative estimate of drug-likeness (QED) is 0.653. The fourth-order valence-electron chi connectivity index (χ4n) is 3.77. The van der Waals surface area contributed by atoms with E-state index in [4.69, 9.17) is 9.47 Å². The van der Waals surface area contributed by atoms with Gasteiger partial charge in [-0.2, -0.15) is 0 Å². The van der Waals surface area contributed by atoms with E-state index < -0.39 is 5.60 Å². The van der Waals surface area contributed by atoms with Crippen molar-refractivity contribution in [2.75, 3.05) is 7.11 Å². The first-order valence-electron chi connectivity index (χ1n) is 8.16. The fraction of sp³-hybridized carbons (Fsp3) is 0.0952. The number of carbonyl (C=O) groups excluding carboxylic acids is 1. The molecule has 0 amide bonds. The average Bonchev–Trinajstić information content (AvgIpc) is 2.95. The van der Waals surface area contributed by atoms with Crippen molar-refractivity contribution in [3.05, 3.63) is 82.9 Å². The predicted octanol–water partition coefficient (Wildman–Crippen LogP) is 4.33. The highest BCUT2D eigenvalue weighted by molar-refractivity contribution is 7.99. The molecule has 1 unspecified atom stereocenters. The highest BCUT2D eigenvalue weighted by Gasteiger charge is 2.52. The van der Waals surface area contributed by atoms with Gasteiger partial charge in [-0.3, -0.25) is 0 Å². The largest absolute Gasteiger partial charge is 0.508 e. The van der Waals surface area contributed by atoms with Crippen LogP contribution >= 0.6 is 11.8 Å². The topological polar surface area (TPSA) is 55.8 Å². The van der Waals surface area contributed by atoms with Crippen LogP contribution in [-0.2, 0) is 10.3 Å². The summed E-state index contributed by atoms with van der Waals surface area (Å²) in [4.78, 5) is 14.4. The van der Waals surface area contributed by atoms with Crippen molar-refractivity contribution in [3.8, 4) is 11.5 Å². The lowest BCUT2D eigenvalue weighted by Crippen LogP contribution is -2.32. The molecule has 1 atom stereocenters. The predicted molar refractivity (Wildman–Crippen MR) is 97.0 cm³/mol. The molecule has 0 aromatic heterocycles. The molecule has 2 heterocycles. The Bertz CT molecular complexity index is 1080. The summed E-state index contributed by atoms with van der Waals surface area (Å²) >= 11 is 1.53. The Morgan fingerprint density at radius 2 is 1.69 bits per heavy atom. The smallest absolute Gasteiger partial charge is 0.340 e. The van der Waals surface area contributed by atoms with Crippen molar-refractivity contribution >= 4 is 17.7 Å². The lowest BCUT2D eigenvalue weighted by atomic mass is 9.79. The van der Waals surface area contributed by atoms with Crippen molar-refractivity contribution in [2.24, 2.45) is 0 Å². The van der Waals surface area contributed by atoms with Crippen molar-refractivity contribution < 1.29 is 19.4 Å². The Morgan fingerprint density at radius 1 is 0.962 bits per heavy atom. The first-order chi connectivity index (χ1) is 12.6. The third kappa shape index (κ3) is 1.89. The van der Waals surface area contributed by atoms with E-state index >= 15 is 0 Å². The minimum absolute atomic E-state index is 0.176. The van der Waals surface area contributed by atoms with E-state index in [2.05, 4.69) is 0 Å². The molecule has 0 fully saturated rings. The van der Waals surface area contributed by atoms with E-state index in [9.17, 15) is 9.90 Å². The summed E-state index contributed by atoms with van der Waals surface area (Å²) in [5.74, 6) is 0.566. The Morgan fingerprint density at radius 3 is 2.50 bits per heavy atom. The number of phenolic OH excluding ortho intramolecular Hbond substituents is 1. The molecular weight excluding hydrogens is 348 g/mol. The van der Waals surface area contributed by atoms with Crippen LogP contribution in [0.1, 0.15) is 27.0 Å². The summed E-state index contributed by atoms with van der Waals surface area (Å²) in [6.45, 7) is 0. The van der Waals surface area contributed by atoms with Gasteiger partial charge in [0.1, 0.15) is 11.5 Å². The summed E-state index contributed by atoms with van der Waals surface area (Å²) in [5, 5.41) is 9.97. The number of benzene rings is 3. The van der Waals surface area contributed by atoms with Gasteiger partial charge in [0.25, 0.3) is 0 Å². The zero-order chi connectivity index (χ0) is 17.9. The minimum atomic E-state index is -1.01. The molecule has 0 saturated heterocycles. The van der Waals surface area contributed by atoms with Crippen LogP contribution in [0, 0.1) is 0 Å². The summed E-state index contributed by atoms with van der Waals surface area (Å²) in [6, 6.07) is 18.4. The molecule has 1 N–H and O–H groups in total. The van der Waals surface area contributed by atoms with Gasteiger partial charge in [-0.15, -0.1) is 0 Å². The van der Waals surface area contributed by atoms with Crippen LogP contribution in [0.15, 0.2) is 70.5 Å². The standard InChI is InChI=1S/C21H14O4S/c1-24-13-7-9-17-19(11-13)26-18-10-12(22)6-8-16(18)21(17)15-5-3-2-4-14(15)20(23)25-21/h2-11,22H,1H3. The number of carbonyl (C=O) groups is 1. The molecule has 2 aliphatic heterocycles. The number of rotatable bonds is 1. The second kappa shape index (κ2) is 5.29. The maximum absolute atomic E-state index is 12.6. The van der Waals surface area contributed by atoms with Crippen LogP contribution in [0.5, 0.6) is 11.5 Å². The van der Waals surface area contributed by atoms with Gasteiger partial charge in [0.05, 0.1) is 12.7 Å². The van der Waals surface area contributed by atoms with E-state index in [0.29, 0.717) is 5.56 Å². The maximum atomic E-state index is 12.6. The molecule has 3 aromatic rings. The Labute approximate surface area is 154 Å². The molecule has 128 valence electrons. The lowest BCUT2D eigenvalue weighted by Gasteiger charge is -2.36. The van der Waals surface area contributed by atoms with Crippen molar-refractivity contribution in [3.63, 3.8) is 0 Å². The molecule has 5 rings (SSSR count). The molecule has 3 aromatic carbocycles. The maximum Gasteiger partial charge on any atom is 0.340 e. The molecular formula is C21H14O4S. The number of phenols is 1. The van der Waals surface area contributed by atoms with E-state index in [1.807, 2.05) is 42.5 Å². The highest BCUT2D eigenvalue weighted by atomic mass is 32.2. The first kappa shape index (κ1) is 15.3. The zero-order valence-corrected chi connectivity index (χ0v) is 14.7. The minimum Gasteiger partial charge on any atom is -0.508 e. The third-order valence-corrected chi connectivity index (χ3v) is 6.02. The Hall–Kier alpha value is -2.92. The van der Waals surface area contributed by atoms with E-state index in [1.54, 1.807) is 25.3 Å². The highest BCUT2D eigenvalue weighted by Crippen LogP contribution is 2.57. The van der Waals surface area contributed by atoms with Gasteiger partial charge < -0.3 is 14.6 Å². The zero-order valence-electron chi connectivity index (χ0n) is 13.9. The van der Waals surface area contributed by atoms with Gasteiger partial charge in [0.15, 0.2) is 5.60 Å². The number of hydrogen-bond acceptors (Lipinski definition) is 5. The average molecular weight is 362 g/mol. The Balaban J connectivity index is 1.88. The number of hydrogen-bond donors (Lipinski definition) is 1. The van der Waals surface area contributed by atoms with Crippen molar-refractivity contribution in [1.82, 2.24) is 0 Å². The summed E-state index contributed by atoms with van der Waals surface area (Å²) < 4.78 is 11.4. The summed E-state index contributed by atoms with van der Waals surface area (Å²) in [7, 11) is 1.62. The molecule has 26 heavy (non-hydrogen) atoms. The van der Waals surface area contributed by atoms with Crippen LogP contribution in [0.25, 0.3) is 0 Å². The van der Waals surface area contributed by atoms with Crippen molar-refractivity contribution in [1.29, 1.82) is 0 Å². The number of methoxy groups -OCH3 is 1. The molecule has 0 bridgehead atoms. The summed E-state index contributed by atoms with van der Waals surface area (Å²) in [6.07, 6.45) is 0.